The molecule has 4 nitrogen and oxygen atoms in total. The third-order valence-corrected chi connectivity index (χ3v) is 3.73. The zero-order valence-electron chi connectivity index (χ0n) is 12.9. The van der Waals surface area contributed by atoms with Gasteiger partial charge >= 0.3 is 6.09 Å². The van der Waals surface area contributed by atoms with Gasteiger partial charge in [0.1, 0.15) is 11.4 Å². The van der Waals surface area contributed by atoms with E-state index in [1.54, 1.807) is 17.0 Å². The van der Waals surface area contributed by atoms with Gasteiger partial charge in [0.25, 0.3) is 0 Å². The first-order valence-corrected chi connectivity index (χ1v) is 7.22. The molecule has 1 aliphatic heterocycles. The van der Waals surface area contributed by atoms with Crippen LogP contribution in [0.4, 0.5) is 9.18 Å². The van der Waals surface area contributed by atoms with Crippen LogP contribution in [0.2, 0.25) is 0 Å². The van der Waals surface area contributed by atoms with E-state index >= 15 is 0 Å². The Bertz CT molecular complexity index is 500. The lowest BCUT2D eigenvalue weighted by atomic mass is 9.82. The second kappa shape index (κ2) is 5.64. The number of nitrogens with zero attached hydrogens (tertiary/aromatic N) is 1. The van der Waals surface area contributed by atoms with Crippen molar-refractivity contribution in [2.24, 2.45) is 5.73 Å². The number of hydrogen-bond donors (Lipinski definition) is 1. The molecule has 1 aromatic carbocycles. The summed E-state index contributed by atoms with van der Waals surface area (Å²) < 4.78 is 18.4. The zero-order valence-corrected chi connectivity index (χ0v) is 12.9. The van der Waals surface area contributed by atoms with Crippen LogP contribution in [0.15, 0.2) is 24.3 Å². The Hall–Kier alpha value is -1.62. The van der Waals surface area contributed by atoms with Crippen molar-refractivity contribution in [2.45, 2.75) is 44.8 Å². The van der Waals surface area contributed by atoms with Crippen LogP contribution in [0, 0.1) is 5.82 Å². The number of amides is 1. The molecule has 0 unspecified atom stereocenters. The van der Waals surface area contributed by atoms with Crippen molar-refractivity contribution in [1.29, 1.82) is 0 Å². The van der Waals surface area contributed by atoms with Crippen molar-refractivity contribution in [3.63, 3.8) is 0 Å². The van der Waals surface area contributed by atoms with E-state index in [-0.39, 0.29) is 11.9 Å². The Labute approximate surface area is 125 Å². The standard InChI is InChI=1S/C16H23FN2O2/c1-15(2,3)21-14(20)19-10-8-16(18,9-11-19)12-4-6-13(17)7-5-12/h4-7H,8-11,18H2,1-3H3. The summed E-state index contributed by atoms with van der Waals surface area (Å²) in [4.78, 5) is 13.7. The van der Waals surface area contributed by atoms with Crippen molar-refractivity contribution in [3.05, 3.63) is 35.6 Å². The predicted molar refractivity (Wildman–Crippen MR) is 79.3 cm³/mol. The smallest absolute Gasteiger partial charge is 0.410 e. The number of hydrogen-bond acceptors (Lipinski definition) is 3. The van der Waals surface area contributed by atoms with E-state index in [9.17, 15) is 9.18 Å². The molecule has 0 aliphatic carbocycles. The molecule has 1 heterocycles. The lowest BCUT2D eigenvalue weighted by Gasteiger charge is -2.39. The number of likely N-dealkylation sites (tertiary alicyclic amines) is 1. The monoisotopic (exact) mass is 294 g/mol. The topological polar surface area (TPSA) is 55.6 Å². The van der Waals surface area contributed by atoms with Gasteiger partial charge in [-0.2, -0.15) is 0 Å². The summed E-state index contributed by atoms with van der Waals surface area (Å²) in [6.45, 7) is 6.63. The van der Waals surface area contributed by atoms with E-state index in [2.05, 4.69) is 0 Å². The van der Waals surface area contributed by atoms with Crippen molar-refractivity contribution in [1.82, 2.24) is 4.90 Å². The maximum absolute atomic E-state index is 13.0. The predicted octanol–water partition coefficient (Wildman–Crippen LogP) is 3.01. The minimum atomic E-state index is -0.508. The highest BCUT2D eigenvalue weighted by Crippen LogP contribution is 2.31. The van der Waals surface area contributed by atoms with Crippen LogP contribution in [0.3, 0.4) is 0 Å². The number of nitrogens with two attached hydrogens (primary N) is 1. The maximum Gasteiger partial charge on any atom is 0.410 e. The molecule has 116 valence electrons. The normalized spacial score (nSPS) is 18.4. The highest BCUT2D eigenvalue weighted by atomic mass is 19.1. The SMILES string of the molecule is CC(C)(C)OC(=O)N1CCC(N)(c2ccc(F)cc2)CC1. The summed E-state index contributed by atoms with van der Waals surface area (Å²) in [5.74, 6) is -0.270. The molecule has 0 aromatic heterocycles. The van der Waals surface area contributed by atoms with Gasteiger partial charge < -0.3 is 15.4 Å². The number of rotatable bonds is 1. The molecule has 0 radical (unpaired) electrons. The van der Waals surface area contributed by atoms with E-state index in [4.69, 9.17) is 10.5 Å². The molecule has 1 saturated heterocycles. The number of ether oxygens (including phenoxy) is 1. The van der Waals surface area contributed by atoms with Crippen LogP contribution < -0.4 is 5.73 Å². The Morgan fingerprint density at radius 1 is 1.24 bits per heavy atom. The highest BCUT2D eigenvalue weighted by molar-refractivity contribution is 5.68. The third-order valence-electron chi connectivity index (χ3n) is 3.73. The number of halogens is 1. The van der Waals surface area contributed by atoms with Crippen LogP contribution >= 0.6 is 0 Å². The van der Waals surface area contributed by atoms with E-state index < -0.39 is 11.1 Å². The van der Waals surface area contributed by atoms with Crippen molar-refractivity contribution < 1.29 is 13.9 Å². The Morgan fingerprint density at radius 2 is 1.76 bits per heavy atom. The molecule has 1 fully saturated rings. The average molecular weight is 294 g/mol. The molecule has 21 heavy (non-hydrogen) atoms. The van der Waals surface area contributed by atoms with Gasteiger partial charge in [0.2, 0.25) is 0 Å². The molecule has 1 aromatic rings. The molecule has 1 aliphatic rings. The van der Waals surface area contributed by atoms with Gasteiger partial charge in [-0.1, -0.05) is 12.1 Å². The van der Waals surface area contributed by atoms with E-state index in [0.717, 1.165) is 5.56 Å². The summed E-state index contributed by atoms with van der Waals surface area (Å²) in [5.41, 5.74) is 6.33. The highest BCUT2D eigenvalue weighted by Gasteiger charge is 2.35. The Balaban J connectivity index is 1.99. The van der Waals surface area contributed by atoms with Gasteiger partial charge in [-0.3, -0.25) is 0 Å². The third kappa shape index (κ3) is 3.94. The molecular weight excluding hydrogens is 271 g/mol. The largest absolute Gasteiger partial charge is 0.444 e. The van der Waals surface area contributed by atoms with E-state index in [1.165, 1.54) is 12.1 Å². The van der Waals surface area contributed by atoms with E-state index in [0.29, 0.717) is 25.9 Å². The summed E-state index contributed by atoms with van der Waals surface area (Å²) >= 11 is 0. The van der Waals surface area contributed by atoms with Crippen molar-refractivity contribution >= 4 is 6.09 Å². The minimum absolute atomic E-state index is 0.270. The van der Waals surface area contributed by atoms with E-state index in [1.807, 2.05) is 20.8 Å². The first-order chi connectivity index (χ1) is 9.70. The average Bonchev–Trinajstić information content (AvgIpc) is 2.38. The minimum Gasteiger partial charge on any atom is -0.444 e. The first-order valence-electron chi connectivity index (χ1n) is 7.22. The van der Waals surface area contributed by atoms with Gasteiger partial charge in [-0.05, 0) is 51.3 Å². The fourth-order valence-electron chi connectivity index (χ4n) is 2.49. The summed E-state index contributed by atoms with van der Waals surface area (Å²) in [6.07, 6.45) is 0.971. The van der Waals surface area contributed by atoms with Crippen LogP contribution in [0.25, 0.3) is 0 Å². The number of piperidine rings is 1. The van der Waals surface area contributed by atoms with Gasteiger partial charge in [0, 0.05) is 18.6 Å². The molecule has 0 spiro atoms. The molecule has 0 bridgehead atoms. The Kier molecular flexibility index (Phi) is 4.23. The molecule has 2 N–H and O–H groups in total. The van der Waals surface area contributed by atoms with Crippen LogP contribution in [-0.4, -0.2) is 29.7 Å². The molecule has 2 rings (SSSR count). The first kappa shape index (κ1) is 15.8. The summed E-state index contributed by atoms with van der Waals surface area (Å²) in [6, 6.07) is 6.28. The van der Waals surface area contributed by atoms with Crippen molar-refractivity contribution in [2.75, 3.05) is 13.1 Å². The van der Waals surface area contributed by atoms with Gasteiger partial charge in [0.05, 0.1) is 0 Å². The molecule has 0 saturated carbocycles. The second-order valence-corrected chi connectivity index (χ2v) is 6.63. The van der Waals surface area contributed by atoms with Gasteiger partial charge in [-0.25, -0.2) is 9.18 Å². The second-order valence-electron chi connectivity index (χ2n) is 6.63. The zero-order chi connectivity index (χ0) is 15.7. The van der Waals surface area contributed by atoms with Crippen LogP contribution in [0.1, 0.15) is 39.2 Å². The van der Waals surface area contributed by atoms with Crippen LogP contribution in [0.5, 0.6) is 0 Å². The molecule has 0 atom stereocenters. The fraction of sp³-hybridized carbons (Fsp3) is 0.562. The lowest BCUT2D eigenvalue weighted by molar-refractivity contribution is 0.0166. The van der Waals surface area contributed by atoms with Crippen LogP contribution in [-0.2, 0) is 10.3 Å². The number of benzene rings is 1. The van der Waals surface area contributed by atoms with Gasteiger partial charge in [0.15, 0.2) is 0 Å². The lowest BCUT2D eigenvalue weighted by Crippen LogP contribution is -2.50. The molecular formula is C16H23FN2O2. The molecule has 1 amide bonds. The van der Waals surface area contributed by atoms with Gasteiger partial charge in [-0.15, -0.1) is 0 Å². The number of carbonyl (C=O) groups excluding carboxylic acids is 1. The number of carbonyl (C=O) groups is 1. The summed E-state index contributed by atoms with van der Waals surface area (Å²) in [7, 11) is 0. The quantitative estimate of drug-likeness (QED) is 0.866. The molecule has 5 heteroatoms. The maximum atomic E-state index is 13.0. The fourth-order valence-corrected chi connectivity index (χ4v) is 2.49. The summed E-state index contributed by atoms with van der Waals surface area (Å²) in [5, 5.41) is 0. The van der Waals surface area contributed by atoms with Crippen molar-refractivity contribution in [3.8, 4) is 0 Å². The Morgan fingerprint density at radius 3 is 2.24 bits per heavy atom.